The Hall–Kier alpha value is -2.32. The Bertz CT molecular complexity index is 712. The normalized spacial score (nSPS) is 21.7. The molecule has 8 heteroatoms. The topological polar surface area (TPSA) is 80.3 Å². The molecule has 0 saturated carbocycles. The number of rotatable bonds is 6. The van der Waals surface area contributed by atoms with Crippen molar-refractivity contribution < 1.29 is 23.8 Å². The van der Waals surface area contributed by atoms with E-state index in [1.807, 2.05) is 18.2 Å². The van der Waals surface area contributed by atoms with Crippen molar-refractivity contribution in [1.82, 2.24) is 15.1 Å². The number of piperazine rings is 1. The Morgan fingerprint density at radius 1 is 1.11 bits per heavy atom. The maximum absolute atomic E-state index is 12.4. The molecule has 8 nitrogen and oxygen atoms in total. The van der Waals surface area contributed by atoms with E-state index in [4.69, 9.17) is 14.2 Å². The predicted molar refractivity (Wildman–Crippen MR) is 101 cm³/mol. The first-order valence-corrected chi connectivity index (χ1v) is 9.94. The molecule has 1 aromatic carbocycles. The van der Waals surface area contributed by atoms with E-state index < -0.39 is 0 Å². The molecule has 1 unspecified atom stereocenters. The summed E-state index contributed by atoms with van der Waals surface area (Å²) in [7, 11) is 0. The Morgan fingerprint density at radius 2 is 1.93 bits per heavy atom. The standard InChI is InChI=1S/C20H27N3O5/c24-19(21-12-16-2-1-9-26-16)11-20(25)23-7-5-22(6-8-23)13-15-3-4-17-18(10-15)28-14-27-17/h3-4,10,16H,1-2,5-9,11-14H2,(H,21,24). The van der Waals surface area contributed by atoms with Crippen LogP contribution >= 0.6 is 0 Å². The largest absolute Gasteiger partial charge is 0.454 e. The van der Waals surface area contributed by atoms with Crippen LogP contribution in [0.25, 0.3) is 0 Å². The second-order valence-electron chi connectivity index (χ2n) is 7.46. The number of amides is 2. The van der Waals surface area contributed by atoms with Gasteiger partial charge < -0.3 is 24.4 Å². The number of hydrogen-bond acceptors (Lipinski definition) is 6. The van der Waals surface area contributed by atoms with E-state index in [-0.39, 0.29) is 31.1 Å². The zero-order valence-electron chi connectivity index (χ0n) is 16.0. The molecule has 3 aliphatic rings. The van der Waals surface area contributed by atoms with E-state index in [0.717, 1.165) is 56.1 Å². The minimum absolute atomic E-state index is 0.0884. The fourth-order valence-corrected chi connectivity index (χ4v) is 3.80. The van der Waals surface area contributed by atoms with Gasteiger partial charge in [-0.05, 0) is 30.5 Å². The summed E-state index contributed by atoms with van der Waals surface area (Å²) in [5, 5.41) is 2.81. The van der Waals surface area contributed by atoms with Gasteiger partial charge in [0.1, 0.15) is 6.42 Å². The van der Waals surface area contributed by atoms with Crippen LogP contribution < -0.4 is 14.8 Å². The molecule has 0 radical (unpaired) electrons. The maximum atomic E-state index is 12.4. The Kier molecular flexibility index (Phi) is 5.97. The number of ether oxygens (including phenoxy) is 3. The summed E-state index contributed by atoms with van der Waals surface area (Å²) < 4.78 is 16.2. The third-order valence-corrected chi connectivity index (χ3v) is 5.43. The molecule has 3 aliphatic heterocycles. The van der Waals surface area contributed by atoms with Crippen LogP contribution in [-0.4, -0.2) is 73.8 Å². The van der Waals surface area contributed by atoms with Crippen LogP contribution in [0.1, 0.15) is 24.8 Å². The molecule has 28 heavy (non-hydrogen) atoms. The highest BCUT2D eigenvalue weighted by Gasteiger charge is 2.24. The fourth-order valence-electron chi connectivity index (χ4n) is 3.80. The zero-order valence-corrected chi connectivity index (χ0v) is 16.0. The quantitative estimate of drug-likeness (QED) is 0.723. The van der Waals surface area contributed by atoms with Crippen molar-refractivity contribution in [1.29, 1.82) is 0 Å². The van der Waals surface area contributed by atoms with E-state index >= 15 is 0 Å². The lowest BCUT2D eigenvalue weighted by Gasteiger charge is -2.34. The molecule has 1 N–H and O–H groups in total. The molecule has 2 amide bonds. The SMILES string of the molecule is O=C(CC(=O)N1CCN(Cc2ccc3c(c2)OCO3)CC1)NCC1CCCO1. The lowest BCUT2D eigenvalue weighted by Crippen LogP contribution is -2.49. The second-order valence-corrected chi connectivity index (χ2v) is 7.46. The second kappa shape index (κ2) is 8.79. The average Bonchev–Trinajstić information content (AvgIpc) is 3.38. The summed E-state index contributed by atoms with van der Waals surface area (Å²) >= 11 is 0. The molecule has 3 heterocycles. The van der Waals surface area contributed by atoms with Gasteiger partial charge in [-0.2, -0.15) is 0 Å². The van der Waals surface area contributed by atoms with Crippen molar-refractivity contribution in [2.45, 2.75) is 31.9 Å². The van der Waals surface area contributed by atoms with Gasteiger partial charge in [0.15, 0.2) is 11.5 Å². The van der Waals surface area contributed by atoms with E-state index in [2.05, 4.69) is 10.2 Å². The van der Waals surface area contributed by atoms with Crippen molar-refractivity contribution in [3.63, 3.8) is 0 Å². The number of hydrogen-bond donors (Lipinski definition) is 1. The first-order valence-electron chi connectivity index (χ1n) is 9.94. The van der Waals surface area contributed by atoms with Crippen LogP contribution in [0.5, 0.6) is 11.5 Å². The van der Waals surface area contributed by atoms with Crippen molar-refractivity contribution in [3.05, 3.63) is 23.8 Å². The van der Waals surface area contributed by atoms with Gasteiger partial charge in [-0.3, -0.25) is 14.5 Å². The van der Waals surface area contributed by atoms with Crippen LogP contribution in [0.3, 0.4) is 0 Å². The van der Waals surface area contributed by atoms with Gasteiger partial charge in [-0.1, -0.05) is 6.07 Å². The highest BCUT2D eigenvalue weighted by atomic mass is 16.7. The molecule has 2 saturated heterocycles. The van der Waals surface area contributed by atoms with Gasteiger partial charge in [0, 0.05) is 45.9 Å². The van der Waals surface area contributed by atoms with E-state index in [9.17, 15) is 9.59 Å². The number of nitrogens with one attached hydrogen (secondary N) is 1. The molecule has 0 aromatic heterocycles. The molecule has 4 rings (SSSR count). The van der Waals surface area contributed by atoms with Crippen LogP contribution in [-0.2, 0) is 20.9 Å². The Balaban J connectivity index is 1.18. The minimum atomic E-state index is -0.219. The number of carbonyl (C=O) groups is 2. The van der Waals surface area contributed by atoms with E-state index in [1.165, 1.54) is 0 Å². The lowest BCUT2D eigenvalue weighted by atomic mass is 10.1. The van der Waals surface area contributed by atoms with Gasteiger partial charge in [0.05, 0.1) is 6.10 Å². The van der Waals surface area contributed by atoms with Crippen molar-refractivity contribution >= 4 is 11.8 Å². The molecule has 1 aromatic rings. The zero-order chi connectivity index (χ0) is 19.3. The van der Waals surface area contributed by atoms with Crippen LogP contribution in [0.2, 0.25) is 0 Å². The van der Waals surface area contributed by atoms with Gasteiger partial charge >= 0.3 is 0 Å². The third-order valence-electron chi connectivity index (χ3n) is 5.43. The lowest BCUT2D eigenvalue weighted by molar-refractivity contribution is -0.137. The van der Waals surface area contributed by atoms with E-state index in [1.54, 1.807) is 4.90 Å². The van der Waals surface area contributed by atoms with Crippen LogP contribution in [0, 0.1) is 0 Å². The summed E-state index contributed by atoms with van der Waals surface area (Å²) in [6, 6.07) is 5.99. The maximum Gasteiger partial charge on any atom is 0.232 e. The summed E-state index contributed by atoms with van der Waals surface area (Å²) in [4.78, 5) is 28.5. The fraction of sp³-hybridized carbons (Fsp3) is 0.600. The Morgan fingerprint density at radius 3 is 2.71 bits per heavy atom. The molecule has 0 bridgehead atoms. The first kappa shape index (κ1) is 19.0. The van der Waals surface area contributed by atoms with Crippen LogP contribution in [0.15, 0.2) is 18.2 Å². The molecular formula is C20H27N3O5. The summed E-state index contributed by atoms with van der Waals surface area (Å²) in [6.07, 6.45) is 2.02. The van der Waals surface area contributed by atoms with E-state index in [0.29, 0.717) is 19.6 Å². The summed E-state index contributed by atoms with van der Waals surface area (Å²) in [6.45, 7) is 5.20. The molecule has 1 atom stereocenters. The van der Waals surface area contributed by atoms with Gasteiger partial charge in [0.25, 0.3) is 0 Å². The predicted octanol–water partition coefficient (Wildman–Crippen LogP) is 0.745. The van der Waals surface area contributed by atoms with Crippen molar-refractivity contribution in [2.24, 2.45) is 0 Å². The van der Waals surface area contributed by atoms with Crippen molar-refractivity contribution in [2.75, 3.05) is 46.1 Å². The van der Waals surface area contributed by atoms with Crippen LogP contribution in [0.4, 0.5) is 0 Å². The number of nitrogens with zero attached hydrogens (tertiary/aromatic N) is 2. The highest BCUT2D eigenvalue weighted by Crippen LogP contribution is 2.32. The smallest absolute Gasteiger partial charge is 0.232 e. The third kappa shape index (κ3) is 4.74. The summed E-state index contributed by atoms with van der Waals surface area (Å²) in [5.41, 5.74) is 1.16. The molecule has 0 aliphatic carbocycles. The average molecular weight is 389 g/mol. The van der Waals surface area contributed by atoms with Gasteiger partial charge in [-0.15, -0.1) is 0 Å². The number of carbonyl (C=O) groups excluding carboxylic acids is 2. The van der Waals surface area contributed by atoms with Gasteiger partial charge in [0.2, 0.25) is 18.6 Å². The monoisotopic (exact) mass is 389 g/mol. The summed E-state index contributed by atoms with van der Waals surface area (Å²) in [5.74, 6) is 1.26. The minimum Gasteiger partial charge on any atom is -0.454 e. The Labute approximate surface area is 164 Å². The number of benzene rings is 1. The number of fused-ring (bicyclic) bond motifs is 1. The highest BCUT2D eigenvalue weighted by molar-refractivity contribution is 5.96. The molecule has 152 valence electrons. The van der Waals surface area contributed by atoms with Crippen molar-refractivity contribution in [3.8, 4) is 11.5 Å². The first-order chi connectivity index (χ1) is 13.7. The molecular weight excluding hydrogens is 362 g/mol. The molecule has 2 fully saturated rings. The van der Waals surface area contributed by atoms with Gasteiger partial charge in [-0.25, -0.2) is 0 Å². The molecule has 0 spiro atoms.